The number of aliphatic imine (C=N–C) groups is 1. The summed E-state index contributed by atoms with van der Waals surface area (Å²) in [7, 11) is 3.69. The van der Waals surface area contributed by atoms with Gasteiger partial charge >= 0.3 is 0 Å². The molecule has 2 nitrogen and oxygen atoms in total. The van der Waals surface area contributed by atoms with Crippen LogP contribution in [0, 0.1) is 0 Å². The predicted octanol–water partition coefficient (Wildman–Crippen LogP) is 2.89. The van der Waals surface area contributed by atoms with Crippen LogP contribution in [0.2, 0.25) is 0 Å². The lowest BCUT2D eigenvalue weighted by Gasteiger charge is -2.02. The van der Waals surface area contributed by atoms with Gasteiger partial charge in [0, 0.05) is 31.6 Å². The molecule has 1 N–H and O–H groups in total. The molecule has 0 amide bonds. The Hall–Kier alpha value is -1.83. The van der Waals surface area contributed by atoms with Crippen molar-refractivity contribution < 1.29 is 0 Å². The second-order valence-corrected chi connectivity index (χ2v) is 3.46. The van der Waals surface area contributed by atoms with Crippen LogP contribution in [0.4, 0.5) is 0 Å². The van der Waals surface area contributed by atoms with Gasteiger partial charge in [0.2, 0.25) is 0 Å². The van der Waals surface area contributed by atoms with Crippen molar-refractivity contribution in [1.29, 1.82) is 0 Å². The van der Waals surface area contributed by atoms with Crippen LogP contribution in [0.15, 0.2) is 52.7 Å². The number of benzene rings is 1. The molecular formula is C14H18N2. The fourth-order valence-corrected chi connectivity index (χ4v) is 1.30. The van der Waals surface area contributed by atoms with Gasteiger partial charge in [-0.15, -0.1) is 0 Å². The van der Waals surface area contributed by atoms with E-state index >= 15 is 0 Å². The second kappa shape index (κ2) is 6.62. The average Bonchev–Trinajstić information content (AvgIpc) is 2.34. The summed E-state index contributed by atoms with van der Waals surface area (Å²) in [5.74, 6) is 0. The van der Waals surface area contributed by atoms with Crippen LogP contribution in [-0.2, 0) is 0 Å². The van der Waals surface area contributed by atoms with E-state index in [4.69, 9.17) is 0 Å². The molecule has 0 aromatic heterocycles. The number of hydrogen-bond donors (Lipinski definition) is 1. The number of nitrogens with zero attached hydrogens (tertiary/aromatic N) is 1. The average molecular weight is 214 g/mol. The van der Waals surface area contributed by atoms with Gasteiger partial charge in [0.25, 0.3) is 0 Å². The topological polar surface area (TPSA) is 24.4 Å². The lowest BCUT2D eigenvalue weighted by atomic mass is 10.1. The lowest BCUT2D eigenvalue weighted by molar-refractivity contribution is 0.983. The molecule has 0 aliphatic heterocycles. The number of nitrogens with one attached hydrogen (secondary N) is 1. The van der Waals surface area contributed by atoms with Crippen LogP contribution < -0.4 is 5.32 Å². The fourth-order valence-electron chi connectivity index (χ4n) is 1.30. The summed E-state index contributed by atoms with van der Waals surface area (Å²) in [4.78, 5) is 4.04. The van der Waals surface area contributed by atoms with Crippen molar-refractivity contribution in [3.63, 3.8) is 0 Å². The zero-order valence-corrected chi connectivity index (χ0v) is 10.1. The van der Waals surface area contributed by atoms with Crippen LogP contribution in [0.1, 0.15) is 12.5 Å². The number of allylic oxidation sites excluding steroid dienone is 3. The third-order valence-corrected chi connectivity index (χ3v) is 2.33. The van der Waals surface area contributed by atoms with E-state index in [1.54, 1.807) is 7.05 Å². The Morgan fingerprint density at radius 1 is 1.25 bits per heavy atom. The summed E-state index contributed by atoms with van der Waals surface area (Å²) in [6.45, 7) is 2.03. The molecule has 0 saturated carbocycles. The van der Waals surface area contributed by atoms with Crippen molar-refractivity contribution in [3.8, 4) is 0 Å². The zero-order valence-electron chi connectivity index (χ0n) is 10.1. The van der Waals surface area contributed by atoms with E-state index in [1.165, 1.54) is 5.56 Å². The standard InChI is InChI=1S/C14H18N2/c1-12(16-3)14(11-15-2)10-9-13-7-5-4-6-8-13/h4-11,16H,1-3H3/b10-9+,14-12?,15-11?. The highest BCUT2D eigenvalue weighted by Gasteiger charge is 1.93. The van der Waals surface area contributed by atoms with Crippen LogP contribution in [-0.4, -0.2) is 20.3 Å². The summed E-state index contributed by atoms with van der Waals surface area (Å²) in [5.41, 5.74) is 3.39. The lowest BCUT2D eigenvalue weighted by Crippen LogP contribution is -2.05. The second-order valence-electron chi connectivity index (χ2n) is 3.46. The SMILES string of the molecule is CN=CC(/C=C/c1ccccc1)=C(C)NC. The van der Waals surface area contributed by atoms with Gasteiger partial charge in [0.1, 0.15) is 0 Å². The Labute approximate surface area is 97.4 Å². The fraction of sp³-hybridized carbons (Fsp3) is 0.214. The van der Waals surface area contributed by atoms with Crippen molar-refractivity contribution in [2.24, 2.45) is 4.99 Å². The van der Waals surface area contributed by atoms with Gasteiger partial charge in [-0.1, -0.05) is 42.5 Å². The van der Waals surface area contributed by atoms with Gasteiger partial charge in [-0.2, -0.15) is 0 Å². The maximum absolute atomic E-state index is 4.04. The first-order chi connectivity index (χ1) is 7.77. The van der Waals surface area contributed by atoms with E-state index in [1.807, 2.05) is 38.4 Å². The molecule has 1 aromatic carbocycles. The molecule has 0 aliphatic carbocycles. The molecule has 16 heavy (non-hydrogen) atoms. The van der Waals surface area contributed by atoms with Gasteiger partial charge in [-0.25, -0.2) is 0 Å². The van der Waals surface area contributed by atoms with Crippen LogP contribution >= 0.6 is 0 Å². The summed E-state index contributed by atoms with van der Waals surface area (Å²) in [5, 5.41) is 3.12. The maximum atomic E-state index is 4.04. The third-order valence-electron chi connectivity index (χ3n) is 2.33. The van der Waals surface area contributed by atoms with Crippen molar-refractivity contribution >= 4 is 12.3 Å². The molecule has 0 aliphatic rings. The molecule has 0 atom stereocenters. The van der Waals surface area contributed by atoms with Crippen molar-refractivity contribution in [2.75, 3.05) is 14.1 Å². The molecule has 0 spiro atoms. The minimum absolute atomic E-state index is 1.09. The Morgan fingerprint density at radius 2 is 1.94 bits per heavy atom. The Kier molecular flexibility index (Phi) is 5.06. The maximum Gasteiger partial charge on any atom is 0.0298 e. The minimum Gasteiger partial charge on any atom is -0.391 e. The molecule has 1 rings (SSSR count). The smallest absolute Gasteiger partial charge is 0.0298 e. The summed E-state index contributed by atoms with van der Waals surface area (Å²) in [6, 6.07) is 10.2. The monoisotopic (exact) mass is 214 g/mol. The van der Waals surface area contributed by atoms with E-state index in [9.17, 15) is 0 Å². The highest BCUT2D eigenvalue weighted by molar-refractivity contribution is 5.85. The molecule has 0 saturated heterocycles. The van der Waals surface area contributed by atoms with E-state index in [0.29, 0.717) is 0 Å². The summed E-state index contributed by atoms with van der Waals surface area (Å²) in [6.07, 6.45) is 6.00. The highest BCUT2D eigenvalue weighted by atomic mass is 14.8. The number of hydrogen-bond acceptors (Lipinski definition) is 2. The highest BCUT2D eigenvalue weighted by Crippen LogP contribution is 2.06. The first-order valence-corrected chi connectivity index (χ1v) is 5.32. The molecular weight excluding hydrogens is 196 g/mol. The van der Waals surface area contributed by atoms with Crippen molar-refractivity contribution in [3.05, 3.63) is 53.2 Å². The summed E-state index contributed by atoms with van der Waals surface area (Å²) < 4.78 is 0. The van der Waals surface area contributed by atoms with Gasteiger partial charge < -0.3 is 5.32 Å². The largest absolute Gasteiger partial charge is 0.391 e. The van der Waals surface area contributed by atoms with Gasteiger partial charge in [-0.3, -0.25) is 4.99 Å². The molecule has 0 radical (unpaired) electrons. The molecule has 0 heterocycles. The Balaban J connectivity index is 2.89. The van der Waals surface area contributed by atoms with E-state index < -0.39 is 0 Å². The molecule has 0 fully saturated rings. The Morgan fingerprint density at radius 3 is 2.50 bits per heavy atom. The zero-order chi connectivity index (χ0) is 11.8. The molecule has 1 aromatic rings. The van der Waals surface area contributed by atoms with E-state index in [2.05, 4.69) is 34.6 Å². The molecule has 0 unspecified atom stereocenters. The van der Waals surface area contributed by atoms with E-state index in [0.717, 1.165) is 11.3 Å². The van der Waals surface area contributed by atoms with Gasteiger partial charge in [-0.05, 0) is 12.5 Å². The number of rotatable bonds is 4. The van der Waals surface area contributed by atoms with Gasteiger partial charge in [0.05, 0.1) is 0 Å². The minimum atomic E-state index is 1.09. The Bertz CT molecular complexity index is 400. The third kappa shape index (κ3) is 3.73. The summed E-state index contributed by atoms with van der Waals surface area (Å²) >= 11 is 0. The first kappa shape index (κ1) is 12.2. The molecule has 0 bridgehead atoms. The quantitative estimate of drug-likeness (QED) is 0.605. The molecule has 84 valence electrons. The van der Waals surface area contributed by atoms with Crippen LogP contribution in [0.25, 0.3) is 6.08 Å². The molecule has 2 heteroatoms. The predicted molar refractivity (Wildman–Crippen MR) is 71.7 cm³/mol. The van der Waals surface area contributed by atoms with E-state index in [-0.39, 0.29) is 0 Å². The first-order valence-electron chi connectivity index (χ1n) is 5.32. The normalized spacial score (nSPS) is 13.2. The van der Waals surface area contributed by atoms with Crippen molar-refractivity contribution in [1.82, 2.24) is 5.32 Å². The van der Waals surface area contributed by atoms with Crippen molar-refractivity contribution in [2.45, 2.75) is 6.92 Å². The van der Waals surface area contributed by atoms with Crippen LogP contribution in [0.5, 0.6) is 0 Å². The van der Waals surface area contributed by atoms with Gasteiger partial charge in [0.15, 0.2) is 0 Å². The van der Waals surface area contributed by atoms with Crippen LogP contribution in [0.3, 0.4) is 0 Å².